The molecule has 0 bridgehead atoms. The number of halogens is 12. The van der Waals surface area contributed by atoms with Gasteiger partial charge in [0.05, 0.1) is 37.4 Å². The minimum atomic E-state index is -7.80. The van der Waals surface area contributed by atoms with Crippen molar-refractivity contribution in [1.29, 1.82) is 0 Å². The molecule has 0 saturated carbocycles. The second-order valence-electron chi connectivity index (χ2n) is 10.0. The van der Waals surface area contributed by atoms with Crippen molar-refractivity contribution in [2.24, 2.45) is 5.92 Å². The molecule has 0 aliphatic heterocycles. The molecule has 0 saturated heterocycles. The lowest BCUT2D eigenvalue weighted by atomic mass is 9.91. The number of alkyl halides is 12. The largest absolute Gasteiger partial charge is 0.462 e. The summed E-state index contributed by atoms with van der Waals surface area (Å²) in [6.07, 6.45) is -0.681. The van der Waals surface area contributed by atoms with Crippen molar-refractivity contribution in [2.75, 3.05) is 39.6 Å². The molecule has 0 radical (unpaired) electrons. The predicted molar refractivity (Wildman–Crippen MR) is 132 cm³/mol. The number of unbranched alkanes of at least 4 members (excludes halogenated alkanes) is 2. The lowest BCUT2D eigenvalue weighted by Gasteiger charge is -2.41. The fourth-order valence-electron chi connectivity index (χ4n) is 2.96. The van der Waals surface area contributed by atoms with Crippen LogP contribution < -0.4 is 0 Å². The average Bonchev–Trinajstić information content (AvgIpc) is 2.92. The van der Waals surface area contributed by atoms with Gasteiger partial charge in [-0.25, -0.2) is 9.59 Å². The van der Waals surface area contributed by atoms with Gasteiger partial charge < -0.3 is 24.1 Å². The summed E-state index contributed by atoms with van der Waals surface area (Å²) in [6, 6.07) is 0. The van der Waals surface area contributed by atoms with Crippen LogP contribution in [0.15, 0.2) is 24.3 Å². The van der Waals surface area contributed by atoms with E-state index in [2.05, 4.69) is 32.1 Å². The van der Waals surface area contributed by atoms with Gasteiger partial charge in [0.1, 0.15) is 13.2 Å². The molecule has 7 nitrogen and oxygen atoms in total. The maximum absolute atomic E-state index is 14.2. The zero-order valence-corrected chi connectivity index (χ0v) is 24.4. The molecule has 0 aliphatic carbocycles. The first-order chi connectivity index (χ1) is 20.2. The van der Waals surface area contributed by atoms with Crippen LogP contribution in [0.2, 0.25) is 0 Å². The van der Waals surface area contributed by atoms with Crippen LogP contribution >= 0.6 is 0 Å². The molecule has 0 aliphatic rings. The van der Waals surface area contributed by atoms with Crippen LogP contribution in [0.3, 0.4) is 0 Å². The summed E-state index contributed by atoms with van der Waals surface area (Å²) >= 11 is 0. The number of ether oxygens (including phenoxy) is 4. The Kier molecular flexibility index (Phi) is 15.4. The summed E-state index contributed by atoms with van der Waals surface area (Å²) in [5.41, 5.74) is -0.720. The van der Waals surface area contributed by atoms with Gasteiger partial charge >= 0.3 is 47.5 Å². The molecule has 1 N–H and O–H groups in total. The number of aliphatic hydroxyl groups excluding tert-OH is 1. The van der Waals surface area contributed by atoms with Crippen LogP contribution in [-0.4, -0.2) is 98.3 Å². The number of esters is 2. The zero-order valence-electron chi connectivity index (χ0n) is 24.4. The second-order valence-corrected chi connectivity index (χ2v) is 10.0. The van der Waals surface area contributed by atoms with E-state index in [1.807, 2.05) is 0 Å². The predicted octanol–water partition coefficient (Wildman–Crippen LogP) is 6.24. The van der Waals surface area contributed by atoms with E-state index in [9.17, 15) is 67.4 Å². The number of carbonyl (C=O) groups is 2. The summed E-state index contributed by atoms with van der Waals surface area (Å²) in [4.78, 5) is 23.4. The van der Waals surface area contributed by atoms with E-state index in [0.717, 1.165) is 6.92 Å². The second kappa shape index (κ2) is 16.3. The Hall–Kier alpha value is -2.54. The number of rotatable bonds is 22. The molecule has 264 valence electrons. The van der Waals surface area contributed by atoms with E-state index in [0.29, 0.717) is 12.8 Å². The lowest BCUT2D eigenvalue weighted by molar-refractivity contribution is -0.429. The molecular formula is C26H34F12O7. The molecule has 0 heterocycles. The van der Waals surface area contributed by atoms with Crippen molar-refractivity contribution in [3.05, 3.63) is 24.3 Å². The number of hydrogen-bond acceptors (Lipinski definition) is 7. The van der Waals surface area contributed by atoms with Crippen molar-refractivity contribution in [2.45, 2.75) is 81.7 Å². The first kappa shape index (κ1) is 42.5. The molecule has 0 aromatic rings. The highest BCUT2D eigenvalue weighted by Gasteiger charge is 2.90. The Morgan fingerprint density at radius 1 is 0.689 bits per heavy atom. The molecule has 0 spiro atoms. The van der Waals surface area contributed by atoms with Gasteiger partial charge in [-0.2, -0.15) is 52.7 Å². The van der Waals surface area contributed by atoms with E-state index < -0.39 is 105 Å². The fraction of sp³-hybridized carbons (Fsp3) is 0.769. The highest BCUT2D eigenvalue weighted by atomic mass is 19.4. The minimum Gasteiger partial charge on any atom is -0.462 e. The summed E-state index contributed by atoms with van der Waals surface area (Å²) in [7, 11) is 0. The first-order valence-corrected chi connectivity index (χ1v) is 13.0. The molecule has 0 fully saturated rings. The summed E-state index contributed by atoms with van der Waals surface area (Å²) in [5, 5.41) is 9.32. The van der Waals surface area contributed by atoms with Crippen LogP contribution in [-0.2, 0) is 28.5 Å². The molecule has 2 unspecified atom stereocenters. The van der Waals surface area contributed by atoms with Gasteiger partial charge in [-0.05, 0) is 20.3 Å². The number of aliphatic hydroxyl groups is 1. The van der Waals surface area contributed by atoms with Crippen LogP contribution in [0.25, 0.3) is 0 Å². The van der Waals surface area contributed by atoms with Crippen molar-refractivity contribution >= 4 is 11.9 Å². The van der Waals surface area contributed by atoms with Gasteiger partial charge in [-0.3, -0.25) is 0 Å². The standard InChI is InChI=1S/C26H34F12O7/c1-6-7-8-9-42-13-21(27,28)23(31,32)25(35,36)26(37,38)24(33,34)22(29,30)14-43-10-18(11-44-19(40)15(2)3)12-45-20(41)16(4)17(5)39/h17-18,39H,2,4,6-14H2,1,3,5H3. The number of hydrogen-bond donors (Lipinski definition) is 1. The Balaban J connectivity index is 5.85. The lowest BCUT2D eigenvalue weighted by Crippen LogP contribution is -2.71. The Morgan fingerprint density at radius 3 is 1.51 bits per heavy atom. The van der Waals surface area contributed by atoms with Crippen molar-refractivity contribution < 1.29 is 86.3 Å². The molecule has 0 amide bonds. The monoisotopic (exact) mass is 686 g/mol. The molecule has 0 aromatic heterocycles. The molecule has 0 aromatic carbocycles. The first-order valence-electron chi connectivity index (χ1n) is 13.0. The van der Waals surface area contributed by atoms with Crippen LogP contribution in [0.1, 0.15) is 40.0 Å². The molecule has 45 heavy (non-hydrogen) atoms. The third-order valence-corrected chi connectivity index (χ3v) is 5.93. The van der Waals surface area contributed by atoms with Crippen molar-refractivity contribution in [1.82, 2.24) is 0 Å². The van der Waals surface area contributed by atoms with Gasteiger partial charge in [0.2, 0.25) is 0 Å². The van der Waals surface area contributed by atoms with Gasteiger partial charge in [0, 0.05) is 12.2 Å². The molecule has 0 rings (SSSR count). The van der Waals surface area contributed by atoms with E-state index in [1.165, 1.54) is 6.92 Å². The van der Waals surface area contributed by atoms with Crippen molar-refractivity contribution in [3.63, 3.8) is 0 Å². The van der Waals surface area contributed by atoms with E-state index in [-0.39, 0.29) is 12.0 Å². The van der Waals surface area contributed by atoms with Crippen molar-refractivity contribution in [3.8, 4) is 0 Å². The Bertz CT molecular complexity index is 1020. The maximum Gasteiger partial charge on any atom is 0.384 e. The highest BCUT2D eigenvalue weighted by molar-refractivity contribution is 5.88. The fourth-order valence-corrected chi connectivity index (χ4v) is 2.96. The van der Waals surface area contributed by atoms with E-state index in [1.54, 1.807) is 6.92 Å². The summed E-state index contributed by atoms with van der Waals surface area (Å²) in [5.74, 6) is -46.8. The van der Waals surface area contributed by atoms with Crippen LogP contribution in [0.4, 0.5) is 52.7 Å². The summed E-state index contributed by atoms with van der Waals surface area (Å²) < 4.78 is 187. The zero-order chi connectivity index (χ0) is 35.7. The maximum atomic E-state index is 14.2. The van der Waals surface area contributed by atoms with Gasteiger partial charge in [0.15, 0.2) is 0 Å². The Morgan fingerprint density at radius 2 is 1.11 bits per heavy atom. The van der Waals surface area contributed by atoms with Crippen LogP contribution in [0, 0.1) is 5.92 Å². The topological polar surface area (TPSA) is 91.3 Å². The van der Waals surface area contributed by atoms with Gasteiger partial charge in [0.25, 0.3) is 0 Å². The van der Waals surface area contributed by atoms with Crippen LogP contribution in [0.5, 0.6) is 0 Å². The van der Waals surface area contributed by atoms with E-state index >= 15 is 0 Å². The minimum absolute atomic E-state index is 0.0359. The van der Waals surface area contributed by atoms with Gasteiger partial charge in [-0.15, -0.1) is 0 Å². The third-order valence-electron chi connectivity index (χ3n) is 5.93. The number of carbonyl (C=O) groups excluding carboxylic acids is 2. The highest BCUT2D eigenvalue weighted by Crippen LogP contribution is 2.60. The summed E-state index contributed by atoms with van der Waals surface area (Å²) in [6.45, 7) is 0.974. The molecular weight excluding hydrogens is 652 g/mol. The molecule has 2 atom stereocenters. The molecule has 19 heteroatoms. The van der Waals surface area contributed by atoms with Gasteiger partial charge in [-0.1, -0.05) is 32.9 Å². The third kappa shape index (κ3) is 10.2. The van der Waals surface area contributed by atoms with E-state index in [4.69, 9.17) is 0 Å². The Labute approximate surface area is 250 Å². The quantitative estimate of drug-likeness (QED) is 0.0625. The average molecular weight is 687 g/mol. The smallest absolute Gasteiger partial charge is 0.384 e. The normalized spacial score (nSPS) is 14.9. The SMILES string of the molecule is C=C(C)C(=O)OCC(COCC(F)(F)C(F)(F)C(F)(F)C(F)(F)C(F)(F)C(F)(F)COCCCCC)COC(=O)C(=C)C(C)O.